The summed E-state index contributed by atoms with van der Waals surface area (Å²) in [4.78, 5) is 24.3. The van der Waals surface area contributed by atoms with Crippen LogP contribution in [0.25, 0.3) is 0 Å². The van der Waals surface area contributed by atoms with E-state index >= 15 is 0 Å². The molecule has 1 rings (SSSR count). The highest BCUT2D eigenvalue weighted by molar-refractivity contribution is 7.99. The highest BCUT2D eigenvalue weighted by Crippen LogP contribution is 2.43. The van der Waals surface area contributed by atoms with Crippen LogP contribution in [-0.2, 0) is 9.59 Å². The van der Waals surface area contributed by atoms with E-state index in [1.54, 1.807) is 11.8 Å². The molecule has 1 aliphatic heterocycles. The molecule has 1 fully saturated rings. The molecule has 3 atom stereocenters. The Labute approximate surface area is 126 Å². The molecule has 1 aliphatic rings. The molecule has 0 aromatic heterocycles. The molecule has 5 nitrogen and oxygen atoms in total. The molecule has 0 aliphatic carbocycles. The van der Waals surface area contributed by atoms with E-state index in [2.05, 4.69) is 26.1 Å². The van der Waals surface area contributed by atoms with E-state index in [0.717, 1.165) is 25.0 Å². The van der Waals surface area contributed by atoms with Gasteiger partial charge in [-0.1, -0.05) is 13.8 Å². The van der Waals surface area contributed by atoms with Gasteiger partial charge < -0.3 is 16.0 Å². The van der Waals surface area contributed by atoms with Gasteiger partial charge in [-0.05, 0) is 37.9 Å². The van der Waals surface area contributed by atoms with Crippen LogP contribution >= 0.6 is 11.8 Å². The first-order chi connectivity index (χ1) is 9.31. The normalized spacial score (nSPS) is 26.4. The lowest BCUT2D eigenvalue weighted by Gasteiger charge is -2.27. The molecule has 0 bridgehead atoms. The Kier molecular flexibility index (Phi) is 6.33. The molecule has 1 heterocycles. The van der Waals surface area contributed by atoms with Crippen molar-refractivity contribution in [3.8, 4) is 0 Å². The fourth-order valence-electron chi connectivity index (χ4n) is 2.47. The van der Waals surface area contributed by atoms with E-state index in [4.69, 9.17) is 5.73 Å². The van der Waals surface area contributed by atoms with E-state index in [-0.39, 0.29) is 35.3 Å². The summed E-state index contributed by atoms with van der Waals surface area (Å²) >= 11 is 1.80. The highest BCUT2D eigenvalue weighted by atomic mass is 32.2. The lowest BCUT2D eigenvalue weighted by Crippen LogP contribution is -2.37. The van der Waals surface area contributed by atoms with Crippen LogP contribution in [0.15, 0.2) is 0 Å². The molecule has 1 unspecified atom stereocenters. The minimum Gasteiger partial charge on any atom is -0.353 e. The fourth-order valence-corrected chi connectivity index (χ4v) is 4.18. The Morgan fingerprint density at radius 2 is 2.25 bits per heavy atom. The third-order valence-corrected chi connectivity index (χ3v) is 5.45. The van der Waals surface area contributed by atoms with E-state index in [1.165, 1.54) is 0 Å². The second-order valence-electron chi connectivity index (χ2n) is 6.21. The SMILES string of the molecule is C[C@H](CCSC1CC(C)(C)[C@@H](C)N1C=O)NC(=O)CN. The predicted molar refractivity (Wildman–Crippen MR) is 83.3 cm³/mol. The van der Waals surface area contributed by atoms with Crippen LogP contribution in [0.5, 0.6) is 0 Å². The number of amides is 2. The Balaban J connectivity index is 2.38. The maximum absolute atomic E-state index is 11.2. The van der Waals surface area contributed by atoms with Crippen LogP contribution in [-0.4, -0.2) is 47.0 Å². The first kappa shape index (κ1) is 17.3. The zero-order valence-corrected chi connectivity index (χ0v) is 13.7. The largest absolute Gasteiger partial charge is 0.353 e. The van der Waals surface area contributed by atoms with E-state index in [0.29, 0.717) is 0 Å². The number of carbonyl (C=O) groups is 2. The van der Waals surface area contributed by atoms with Crippen molar-refractivity contribution >= 4 is 24.1 Å². The van der Waals surface area contributed by atoms with Crippen molar-refractivity contribution in [2.24, 2.45) is 11.1 Å². The first-order valence-corrected chi connectivity index (χ1v) is 8.20. The van der Waals surface area contributed by atoms with Crippen molar-refractivity contribution < 1.29 is 9.59 Å². The Hall–Kier alpha value is -0.750. The topological polar surface area (TPSA) is 75.4 Å². The van der Waals surface area contributed by atoms with Crippen LogP contribution in [0.2, 0.25) is 0 Å². The van der Waals surface area contributed by atoms with E-state index < -0.39 is 0 Å². The average molecular weight is 301 g/mol. The molecule has 0 aromatic rings. The summed E-state index contributed by atoms with van der Waals surface area (Å²) in [7, 11) is 0. The van der Waals surface area contributed by atoms with E-state index in [9.17, 15) is 9.59 Å². The molecule has 3 N–H and O–H groups in total. The van der Waals surface area contributed by atoms with Crippen LogP contribution in [0.4, 0.5) is 0 Å². The smallest absolute Gasteiger partial charge is 0.233 e. The van der Waals surface area contributed by atoms with Crippen LogP contribution in [0.1, 0.15) is 40.5 Å². The Bertz CT molecular complexity index is 349. The van der Waals surface area contributed by atoms with Crippen molar-refractivity contribution in [3.63, 3.8) is 0 Å². The number of hydrogen-bond donors (Lipinski definition) is 2. The monoisotopic (exact) mass is 301 g/mol. The number of thioether (sulfide) groups is 1. The molecule has 0 aromatic carbocycles. The highest BCUT2D eigenvalue weighted by Gasteiger charge is 2.43. The summed E-state index contributed by atoms with van der Waals surface area (Å²) in [5.74, 6) is 0.803. The van der Waals surface area contributed by atoms with Gasteiger partial charge in [0.05, 0.1) is 11.9 Å². The minimum absolute atomic E-state index is 0.0325. The molecule has 0 spiro atoms. The number of nitrogens with zero attached hydrogens (tertiary/aromatic N) is 1. The quantitative estimate of drug-likeness (QED) is 0.692. The number of carbonyl (C=O) groups excluding carboxylic acids is 2. The summed E-state index contributed by atoms with van der Waals surface area (Å²) in [6, 6.07) is 0.391. The van der Waals surface area contributed by atoms with Gasteiger partial charge in [-0.25, -0.2) is 0 Å². The number of hydrogen-bond acceptors (Lipinski definition) is 4. The second-order valence-corrected chi connectivity index (χ2v) is 7.49. The third kappa shape index (κ3) is 4.38. The predicted octanol–water partition coefficient (Wildman–Crippen LogP) is 1.18. The van der Waals surface area contributed by atoms with Gasteiger partial charge in [0.2, 0.25) is 12.3 Å². The standard InChI is InChI=1S/C14H27N3O2S/c1-10(16-12(19)8-15)5-6-20-13-7-14(3,4)11(2)17(13)9-18/h9-11,13H,5-8,15H2,1-4H3,(H,16,19)/t10-,11-,13?/m1/s1. The number of likely N-dealkylation sites (tertiary alicyclic amines) is 1. The molecule has 6 heteroatoms. The van der Waals surface area contributed by atoms with Gasteiger partial charge in [0.1, 0.15) is 0 Å². The zero-order chi connectivity index (χ0) is 15.3. The summed E-state index contributed by atoms with van der Waals surface area (Å²) in [6.07, 6.45) is 2.87. The molecular formula is C14H27N3O2S. The summed E-state index contributed by atoms with van der Waals surface area (Å²) in [6.45, 7) is 8.54. The van der Waals surface area contributed by atoms with Crippen molar-refractivity contribution in [3.05, 3.63) is 0 Å². The lowest BCUT2D eigenvalue weighted by molar-refractivity contribution is -0.120. The first-order valence-electron chi connectivity index (χ1n) is 7.15. The summed E-state index contributed by atoms with van der Waals surface area (Å²) in [5.41, 5.74) is 5.43. The summed E-state index contributed by atoms with van der Waals surface area (Å²) in [5, 5.41) is 3.09. The molecule has 0 saturated carbocycles. The van der Waals surface area contributed by atoms with Crippen LogP contribution in [0, 0.1) is 5.41 Å². The minimum atomic E-state index is -0.118. The van der Waals surface area contributed by atoms with Gasteiger partial charge in [0.25, 0.3) is 0 Å². The Morgan fingerprint density at radius 3 is 2.80 bits per heavy atom. The van der Waals surface area contributed by atoms with Crippen molar-refractivity contribution in [2.75, 3.05) is 12.3 Å². The lowest BCUT2D eigenvalue weighted by atomic mass is 9.86. The number of nitrogens with two attached hydrogens (primary N) is 1. The molecule has 2 amide bonds. The van der Waals surface area contributed by atoms with Gasteiger partial charge >= 0.3 is 0 Å². The molecule has 116 valence electrons. The molecular weight excluding hydrogens is 274 g/mol. The number of rotatable bonds is 7. The van der Waals surface area contributed by atoms with Gasteiger partial charge in [-0.15, -0.1) is 11.8 Å². The van der Waals surface area contributed by atoms with E-state index in [1.807, 2.05) is 11.8 Å². The van der Waals surface area contributed by atoms with Crippen molar-refractivity contribution in [2.45, 2.75) is 58.0 Å². The molecule has 1 saturated heterocycles. The van der Waals surface area contributed by atoms with Gasteiger partial charge in [-0.3, -0.25) is 9.59 Å². The van der Waals surface area contributed by atoms with Crippen LogP contribution < -0.4 is 11.1 Å². The zero-order valence-electron chi connectivity index (χ0n) is 12.9. The average Bonchev–Trinajstić information content (AvgIpc) is 2.59. The number of nitrogens with one attached hydrogen (secondary N) is 1. The maximum atomic E-state index is 11.2. The summed E-state index contributed by atoms with van der Waals surface area (Å²) < 4.78 is 0. The van der Waals surface area contributed by atoms with Crippen LogP contribution in [0.3, 0.4) is 0 Å². The second kappa shape index (κ2) is 7.31. The van der Waals surface area contributed by atoms with Gasteiger partial charge in [0, 0.05) is 12.1 Å². The van der Waals surface area contributed by atoms with Crippen molar-refractivity contribution in [1.82, 2.24) is 10.2 Å². The van der Waals surface area contributed by atoms with Gasteiger partial charge in [-0.2, -0.15) is 0 Å². The van der Waals surface area contributed by atoms with Gasteiger partial charge in [0.15, 0.2) is 0 Å². The van der Waals surface area contributed by atoms with Crippen molar-refractivity contribution in [1.29, 1.82) is 0 Å². The fraction of sp³-hybridized carbons (Fsp3) is 0.857. The Morgan fingerprint density at radius 1 is 1.60 bits per heavy atom. The molecule has 20 heavy (non-hydrogen) atoms. The molecule has 0 radical (unpaired) electrons. The third-order valence-electron chi connectivity index (χ3n) is 4.19. The maximum Gasteiger partial charge on any atom is 0.233 e.